The van der Waals surface area contributed by atoms with Crippen molar-refractivity contribution < 1.29 is 0 Å². The Morgan fingerprint density at radius 2 is 1.27 bits per heavy atom. The van der Waals surface area contributed by atoms with E-state index >= 15 is 0 Å². The number of allylic oxidation sites excluding steroid dienone is 2. The Balaban J connectivity index is 1.27. The van der Waals surface area contributed by atoms with Crippen LogP contribution in [0.3, 0.4) is 0 Å². The summed E-state index contributed by atoms with van der Waals surface area (Å²) in [7, 11) is 0. The molecule has 2 nitrogen and oxygen atoms in total. The Labute approximate surface area is 181 Å². The minimum Gasteiger partial charge on any atom is -0.237 e. The van der Waals surface area contributed by atoms with Crippen molar-refractivity contribution in [3.63, 3.8) is 0 Å². The lowest BCUT2D eigenvalue weighted by Gasteiger charge is -2.36. The molecule has 1 aromatic heterocycles. The van der Waals surface area contributed by atoms with E-state index in [-0.39, 0.29) is 0 Å². The van der Waals surface area contributed by atoms with Crippen molar-refractivity contribution in [2.24, 2.45) is 23.7 Å². The zero-order chi connectivity index (χ0) is 20.8. The van der Waals surface area contributed by atoms with Crippen LogP contribution in [0.25, 0.3) is 23.3 Å². The van der Waals surface area contributed by atoms with Crippen LogP contribution in [0.2, 0.25) is 0 Å². The molecular weight excluding hydrogens is 364 g/mol. The summed E-state index contributed by atoms with van der Waals surface area (Å²) in [6.45, 7) is 7.78. The summed E-state index contributed by atoms with van der Waals surface area (Å²) in [6, 6.07) is 8.32. The molecule has 2 fully saturated rings. The molecule has 156 valence electrons. The molecule has 0 saturated heterocycles. The second-order valence-corrected chi connectivity index (χ2v) is 9.10. The maximum absolute atomic E-state index is 4.56. The first-order valence-electron chi connectivity index (χ1n) is 11.6. The molecule has 0 amide bonds. The number of rotatable bonds is 6. The molecule has 2 heteroatoms. The van der Waals surface area contributed by atoms with E-state index in [0.29, 0.717) is 5.92 Å². The van der Waals surface area contributed by atoms with E-state index in [2.05, 4.69) is 65.6 Å². The maximum Gasteiger partial charge on any atom is 0.151 e. The van der Waals surface area contributed by atoms with Gasteiger partial charge in [-0.2, -0.15) is 0 Å². The van der Waals surface area contributed by atoms with E-state index in [1.54, 1.807) is 0 Å². The van der Waals surface area contributed by atoms with Crippen LogP contribution in [0.5, 0.6) is 0 Å². The second kappa shape index (κ2) is 10.0. The normalized spacial score (nSPS) is 27.1. The molecule has 1 aromatic carbocycles. The predicted octanol–water partition coefficient (Wildman–Crippen LogP) is 7.60. The minimum absolute atomic E-state index is 0.681. The number of aromatic nitrogens is 2. The smallest absolute Gasteiger partial charge is 0.151 e. The van der Waals surface area contributed by atoms with Crippen molar-refractivity contribution >= 4 is 12.2 Å². The van der Waals surface area contributed by atoms with E-state index in [1.165, 1.54) is 51.4 Å². The molecule has 0 aliphatic heterocycles. The number of benzene rings is 1. The fourth-order valence-electron chi connectivity index (χ4n) is 5.27. The van der Waals surface area contributed by atoms with Gasteiger partial charge in [0.2, 0.25) is 0 Å². The average Bonchev–Trinajstić information content (AvgIpc) is 2.83. The molecule has 0 unspecified atom stereocenters. The first-order chi connectivity index (χ1) is 14.7. The molecule has 0 bridgehead atoms. The number of hydrogen-bond donors (Lipinski definition) is 0. The van der Waals surface area contributed by atoms with Gasteiger partial charge in [-0.3, -0.25) is 0 Å². The van der Waals surface area contributed by atoms with Crippen molar-refractivity contribution in [1.82, 2.24) is 9.97 Å². The average molecular weight is 399 g/mol. The molecule has 4 rings (SSSR count). The largest absolute Gasteiger partial charge is 0.237 e. The van der Waals surface area contributed by atoms with Crippen LogP contribution in [-0.4, -0.2) is 9.97 Å². The van der Waals surface area contributed by atoms with Gasteiger partial charge in [-0.15, -0.1) is 6.58 Å². The molecule has 1 heterocycles. The van der Waals surface area contributed by atoms with Crippen LogP contribution in [0.1, 0.15) is 62.8 Å². The van der Waals surface area contributed by atoms with Gasteiger partial charge < -0.3 is 0 Å². The summed E-state index contributed by atoms with van der Waals surface area (Å²) in [5.41, 5.74) is 3.31. The zero-order valence-electron chi connectivity index (χ0n) is 18.0. The van der Waals surface area contributed by atoms with Gasteiger partial charge in [-0.05, 0) is 92.2 Å². The molecule has 2 saturated carbocycles. The molecule has 0 radical (unpaired) electrons. The van der Waals surface area contributed by atoms with E-state index in [9.17, 15) is 0 Å². The lowest BCUT2D eigenvalue weighted by atomic mass is 9.69. The molecule has 0 spiro atoms. The van der Waals surface area contributed by atoms with Gasteiger partial charge in [-0.1, -0.05) is 49.1 Å². The quantitative estimate of drug-likeness (QED) is 0.468. The zero-order valence-corrected chi connectivity index (χ0v) is 18.0. The minimum atomic E-state index is 0.681. The summed E-state index contributed by atoms with van der Waals surface area (Å²) < 4.78 is 0. The van der Waals surface area contributed by atoms with E-state index < -0.39 is 0 Å². The monoisotopic (exact) mass is 398 g/mol. The second-order valence-electron chi connectivity index (χ2n) is 9.10. The van der Waals surface area contributed by atoms with E-state index in [0.717, 1.165) is 40.3 Å². The van der Waals surface area contributed by atoms with Crippen molar-refractivity contribution in [3.05, 3.63) is 73.4 Å². The summed E-state index contributed by atoms with van der Waals surface area (Å²) in [5, 5.41) is 0. The van der Waals surface area contributed by atoms with Crippen molar-refractivity contribution in [1.29, 1.82) is 0 Å². The lowest BCUT2D eigenvalue weighted by Crippen LogP contribution is -2.25. The van der Waals surface area contributed by atoms with Crippen LogP contribution in [0.4, 0.5) is 0 Å². The van der Waals surface area contributed by atoms with Gasteiger partial charge in [0.25, 0.3) is 0 Å². The molecular formula is C28H34N2. The summed E-state index contributed by atoms with van der Waals surface area (Å²) in [6.07, 6.45) is 23.3. The molecule has 30 heavy (non-hydrogen) atoms. The van der Waals surface area contributed by atoms with E-state index in [1.807, 2.05) is 18.5 Å². The number of hydrogen-bond acceptors (Lipinski definition) is 2. The Kier molecular flexibility index (Phi) is 6.94. The van der Waals surface area contributed by atoms with Crippen LogP contribution >= 0.6 is 0 Å². The van der Waals surface area contributed by atoms with Crippen LogP contribution in [0, 0.1) is 23.7 Å². The van der Waals surface area contributed by atoms with Crippen LogP contribution < -0.4 is 0 Å². The molecule has 2 aliphatic carbocycles. The highest BCUT2D eigenvalue weighted by Gasteiger charge is 2.29. The fourth-order valence-corrected chi connectivity index (χ4v) is 5.27. The third-order valence-corrected chi connectivity index (χ3v) is 7.30. The number of nitrogens with zero attached hydrogens (tertiary/aromatic N) is 2. The van der Waals surface area contributed by atoms with Gasteiger partial charge in [0.05, 0.1) is 0 Å². The van der Waals surface area contributed by atoms with Gasteiger partial charge in [0.15, 0.2) is 5.82 Å². The molecule has 0 N–H and O–H groups in total. The highest BCUT2D eigenvalue weighted by molar-refractivity contribution is 5.64. The summed E-state index contributed by atoms with van der Waals surface area (Å²) >= 11 is 0. The van der Waals surface area contributed by atoms with Gasteiger partial charge in [-0.25, -0.2) is 9.97 Å². The SMILES string of the molecule is C=Cc1ccc(-c2cnc(/C=C/C3CCC(C4CCC(C=C)CC4)CC3)nc2)cc1. The van der Waals surface area contributed by atoms with Crippen molar-refractivity contribution in [2.45, 2.75) is 51.4 Å². The molecule has 2 aliphatic rings. The van der Waals surface area contributed by atoms with Crippen LogP contribution in [-0.2, 0) is 0 Å². The fraction of sp³-hybridized carbons (Fsp3) is 0.429. The highest BCUT2D eigenvalue weighted by atomic mass is 14.8. The Morgan fingerprint density at radius 1 is 0.700 bits per heavy atom. The Morgan fingerprint density at radius 3 is 1.80 bits per heavy atom. The lowest BCUT2D eigenvalue weighted by molar-refractivity contribution is 0.167. The standard InChI is InChI=1S/C28H34N2/c1-3-21-5-12-24(13-6-21)25-16-9-23(10-17-25)11-18-28-29-19-27(20-30-28)26-14-7-22(4-2)8-15-26/h3-4,7-8,11,14-15,18-21,23-25H,1-2,5-6,9-10,12-13,16-17H2/b18-11+. The van der Waals surface area contributed by atoms with Gasteiger partial charge in [0, 0.05) is 18.0 Å². The predicted molar refractivity (Wildman–Crippen MR) is 128 cm³/mol. The maximum atomic E-state index is 4.56. The first-order valence-corrected chi connectivity index (χ1v) is 11.6. The van der Waals surface area contributed by atoms with Gasteiger partial charge >= 0.3 is 0 Å². The Bertz CT molecular complexity index is 847. The first kappa shape index (κ1) is 20.8. The van der Waals surface area contributed by atoms with E-state index in [4.69, 9.17) is 0 Å². The van der Waals surface area contributed by atoms with Crippen molar-refractivity contribution in [2.75, 3.05) is 0 Å². The summed E-state index contributed by atoms with van der Waals surface area (Å²) in [4.78, 5) is 9.12. The Hall–Kier alpha value is -2.48. The third-order valence-electron chi connectivity index (χ3n) is 7.30. The molecule has 2 aromatic rings. The third kappa shape index (κ3) is 5.16. The van der Waals surface area contributed by atoms with Crippen molar-refractivity contribution in [3.8, 4) is 11.1 Å². The van der Waals surface area contributed by atoms with Crippen LogP contribution in [0.15, 0.2) is 62.0 Å². The van der Waals surface area contributed by atoms with Gasteiger partial charge in [0.1, 0.15) is 0 Å². The highest BCUT2D eigenvalue weighted by Crippen LogP contribution is 2.41. The summed E-state index contributed by atoms with van der Waals surface area (Å²) in [5.74, 6) is 4.18. The molecule has 0 atom stereocenters. The topological polar surface area (TPSA) is 25.8 Å².